The van der Waals surface area contributed by atoms with Crippen LogP contribution in [0.15, 0.2) is 42.5 Å². The molecule has 2 aromatic rings. The Bertz CT molecular complexity index is 901. The highest BCUT2D eigenvalue weighted by atomic mass is 35.5. The average Bonchev–Trinajstić information content (AvgIpc) is 3.07. The fraction of sp³-hybridized carbons (Fsp3) is 0.300. The summed E-state index contributed by atoms with van der Waals surface area (Å²) in [6.07, 6.45) is 0.148. The zero-order valence-electron chi connectivity index (χ0n) is 14.8. The number of halogens is 1. The maximum atomic E-state index is 12.7. The summed E-state index contributed by atoms with van der Waals surface area (Å²) in [7, 11) is 0. The predicted octanol–water partition coefficient (Wildman–Crippen LogP) is 3.63. The van der Waals surface area contributed by atoms with E-state index in [1.807, 2.05) is 12.1 Å². The number of anilines is 2. The molecule has 2 aliphatic heterocycles. The molecular formula is C20H19ClN2O4. The number of nitrogens with zero attached hydrogens (tertiary/aromatic N) is 1. The van der Waals surface area contributed by atoms with E-state index in [1.165, 1.54) is 0 Å². The van der Waals surface area contributed by atoms with Gasteiger partial charge in [0.2, 0.25) is 12.0 Å². The van der Waals surface area contributed by atoms with Gasteiger partial charge in [0.15, 0.2) is 11.5 Å². The highest BCUT2D eigenvalue weighted by Gasteiger charge is 2.34. The third-order valence-electron chi connectivity index (χ3n) is 4.68. The zero-order valence-corrected chi connectivity index (χ0v) is 15.5. The van der Waals surface area contributed by atoms with Crippen LogP contribution in [-0.4, -0.2) is 30.6 Å². The molecule has 1 N–H and O–H groups in total. The Morgan fingerprint density at radius 3 is 2.59 bits per heavy atom. The Labute approximate surface area is 162 Å². The molecule has 0 radical (unpaired) electrons. The number of para-hydroxylation sites is 2. The Kier molecular flexibility index (Phi) is 4.66. The molecule has 0 saturated carbocycles. The minimum atomic E-state index is -0.779. The summed E-state index contributed by atoms with van der Waals surface area (Å²) < 4.78 is 11.6. The first kappa shape index (κ1) is 17.7. The number of carbonyl (C=O) groups is 2. The molecule has 140 valence electrons. The standard InChI is InChI=1S/C20H19ClN2O4/c1-12-19(27-17-6-3-2-5-16(17)26-12)20(25)22-13-8-9-15(14(21)11-13)23-10-4-7-18(23)24/h2-3,5-6,8-9,11-12,19H,4,7,10H2,1H3,(H,22,25)/t12-,19+/m0/s1. The number of carbonyl (C=O) groups excluding carboxylic acids is 2. The Balaban J connectivity index is 1.48. The molecule has 7 heteroatoms. The number of nitrogens with one attached hydrogen (secondary N) is 1. The number of benzene rings is 2. The monoisotopic (exact) mass is 386 g/mol. The molecule has 0 bridgehead atoms. The highest BCUT2D eigenvalue weighted by Crippen LogP contribution is 2.35. The number of fused-ring (bicyclic) bond motifs is 1. The summed E-state index contributed by atoms with van der Waals surface area (Å²) in [5, 5.41) is 3.23. The predicted molar refractivity (Wildman–Crippen MR) is 103 cm³/mol. The molecular weight excluding hydrogens is 368 g/mol. The van der Waals surface area contributed by atoms with Crippen LogP contribution in [0.3, 0.4) is 0 Å². The summed E-state index contributed by atoms with van der Waals surface area (Å²) in [4.78, 5) is 26.2. The van der Waals surface area contributed by atoms with Gasteiger partial charge in [-0.15, -0.1) is 0 Å². The van der Waals surface area contributed by atoms with Crippen LogP contribution in [-0.2, 0) is 9.59 Å². The molecule has 2 atom stereocenters. The maximum absolute atomic E-state index is 12.7. The fourth-order valence-corrected chi connectivity index (χ4v) is 3.61. The maximum Gasteiger partial charge on any atom is 0.269 e. The molecule has 0 aromatic heterocycles. The van der Waals surface area contributed by atoms with E-state index < -0.39 is 12.2 Å². The topological polar surface area (TPSA) is 67.9 Å². The van der Waals surface area contributed by atoms with Gasteiger partial charge in [-0.2, -0.15) is 0 Å². The van der Waals surface area contributed by atoms with Crippen molar-refractivity contribution in [2.24, 2.45) is 0 Å². The average molecular weight is 387 g/mol. The number of hydrogen-bond acceptors (Lipinski definition) is 4. The smallest absolute Gasteiger partial charge is 0.269 e. The molecule has 2 aliphatic rings. The van der Waals surface area contributed by atoms with E-state index in [-0.39, 0.29) is 11.8 Å². The van der Waals surface area contributed by atoms with Gasteiger partial charge in [-0.3, -0.25) is 9.59 Å². The molecule has 6 nitrogen and oxygen atoms in total. The lowest BCUT2D eigenvalue weighted by atomic mass is 10.1. The third-order valence-corrected chi connectivity index (χ3v) is 4.98. The first-order valence-electron chi connectivity index (χ1n) is 8.86. The van der Waals surface area contributed by atoms with Crippen molar-refractivity contribution in [3.05, 3.63) is 47.5 Å². The minimum Gasteiger partial charge on any atom is -0.482 e. The molecule has 1 fully saturated rings. The van der Waals surface area contributed by atoms with E-state index in [1.54, 1.807) is 42.2 Å². The first-order valence-corrected chi connectivity index (χ1v) is 9.24. The van der Waals surface area contributed by atoms with Gasteiger partial charge in [0.05, 0.1) is 10.7 Å². The molecule has 27 heavy (non-hydrogen) atoms. The van der Waals surface area contributed by atoms with Crippen LogP contribution in [0.5, 0.6) is 11.5 Å². The minimum absolute atomic E-state index is 0.0638. The summed E-state index contributed by atoms with van der Waals surface area (Å²) >= 11 is 6.34. The van der Waals surface area contributed by atoms with Gasteiger partial charge in [0.25, 0.3) is 5.91 Å². The van der Waals surface area contributed by atoms with Gasteiger partial charge >= 0.3 is 0 Å². The second kappa shape index (κ2) is 7.12. The summed E-state index contributed by atoms with van der Waals surface area (Å²) in [5.74, 6) is 0.903. The Morgan fingerprint density at radius 1 is 1.19 bits per heavy atom. The van der Waals surface area contributed by atoms with Crippen molar-refractivity contribution < 1.29 is 19.1 Å². The Hall–Kier alpha value is -2.73. The van der Waals surface area contributed by atoms with Crippen LogP contribution in [0.4, 0.5) is 11.4 Å². The van der Waals surface area contributed by atoms with Crippen LogP contribution in [0, 0.1) is 0 Å². The summed E-state index contributed by atoms with van der Waals surface area (Å²) in [6, 6.07) is 12.4. The van der Waals surface area contributed by atoms with Crippen molar-refractivity contribution in [3.8, 4) is 11.5 Å². The molecule has 2 heterocycles. The van der Waals surface area contributed by atoms with Crippen molar-refractivity contribution in [2.45, 2.75) is 32.0 Å². The van der Waals surface area contributed by atoms with Crippen LogP contribution < -0.4 is 19.7 Å². The molecule has 1 saturated heterocycles. The fourth-order valence-electron chi connectivity index (χ4n) is 3.33. The lowest BCUT2D eigenvalue weighted by molar-refractivity contribution is -0.128. The molecule has 2 amide bonds. The van der Waals surface area contributed by atoms with E-state index >= 15 is 0 Å². The normalized spacial score (nSPS) is 21.3. The molecule has 0 spiro atoms. The van der Waals surface area contributed by atoms with E-state index in [9.17, 15) is 9.59 Å². The largest absolute Gasteiger partial charge is 0.482 e. The molecule has 0 unspecified atom stereocenters. The second-order valence-corrected chi connectivity index (χ2v) is 7.02. The highest BCUT2D eigenvalue weighted by molar-refractivity contribution is 6.34. The SMILES string of the molecule is C[C@@H]1Oc2ccccc2O[C@H]1C(=O)Nc1ccc(N2CCCC2=O)c(Cl)c1. The van der Waals surface area contributed by atoms with E-state index in [0.717, 1.165) is 6.42 Å². The van der Waals surface area contributed by atoms with Gasteiger partial charge < -0.3 is 19.7 Å². The van der Waals surface area contributed by atoms with Crippen LogP contribution in [0.1, 0.15) is 19.8 Å². The van der Waals surface area contributed by atoms with Crippen molar-refractivity contribution in [3.63, 3.8) is 0 Å². The van der Waals surface area contributed by atoms with Gasteiger partial charge in [-0.25, -0.2) is 0 Å². The van der Waals surface area contributed by atoms with Gasteiger partial charge in [0.1, 0.15) is 6.10 Å². The lowest BCUT2D eigenvalue weighted by Gasteiger charge is -2.31. The van der Waals surface area contributed by atoms with Crippen LogP contribution in [0.25, 0.3) is 0 Å². The number of rotatable bonds is 3. The number of hydrogen-bond donors (Lipinski definition) is 1. The molecule has 0 aliphatic carbocycles. The van der Waals surface area contributed by atoms with Crippen LogP contribution >= 0.6 is 11.6 Å². The van der Waals surface area contributed by atoms with Gasteiger partial charge in [-0.1, -0.05) is 23.7 Å². The first-order chi connectivity index (χ1) is 13.0. The van der Waals surface area contributed by atoms with Crippen molar-refractivity contribution >= 4 is 34.8 Å². The zero-order chi connectivity index (χ0) is 19.0. The van der Waals surface area contributed by atoms with E-state index in [2.05, 4.69) is 5.32 Å². The summed E-state index contributed by atoms with van der Waals surface area (Å²) in [5.41, 5.74) is 1.20. The van der Waals surface area contributed by atoms with Crippen molar-refractivity contribution in [1.82, 2.24) is 0 Å². The van der Waals surface area contributed by atoms with Crippen molar-refractivity contribution in [1.29, 1.82) is 0 Å². The van der Waals surface area contributed by atoms with E-state index in [0.29, 0.717) is 40.9 Å². The van der Waals surface area contributed by atoms with Gasteiger partial charge in [0, 0.05) is 18.7 Å². The van der Waals surface area contributed by atoms with E-state index in [4.69, 9.17) is 21.1 Å². The third kappa shape index (κ3) is 3.45. The van der Waals surface area contributed by atoms with Crippen molar-refractivity contribution in [2.75, 3.05) is 16.8 Å². The molecule has 2 aromatic carbocycles. The summed E-state index contributed by atoms with van der Waals surface area (Å²) in [6.45, 7) is 2.45. The second-order valence-electron chi connectivity index (χ2n) is 6.61. The quantitative estimate of drug-likeness (QED) is 0.874. The van der Waals surface area contributed by atoms with Crippen LogP contribution in [0.2, 0.25) is 5.02 Å². The van der Waals surface area contributed by atoms with Gasteiger partial charge in [-0.05, 0) is 43.7 Å². The Morgan fingerprint density at radius 2 is 1.93 bits per heavy atom. The molecule has 4 rings (SSSR count). The number of amides is 2. The lowest BCUT2D eigenvalue weighted by Crippen LogP contribution is -2.46. The number of ether oxygens (including phenoxy) is 2.